The normalized spacial score (nSPS) is 20.8. The number of hydrogen-bond acceptors (Lipinski definition) is 4. The summed E-state index contributed by atoms with van der Waals surface area (Å²) in [6.07, 6.45) is 3.56. The fourth-order valence-corrected chi connectivity index (χ4v) is 4.63. The summed E-state index contributed by atoms with van der Waals surface area (Å²) in [5.41, 5.74) is 2.69. The first-order valence-corrected chi connectivity index (χ1v) is 11.8. The Labute approximate surface area is 196 Å². The van der Waals surface area contributed by atoms with Gasteiger partial charge in [-0.05, 0) is 62.3 Å². The lowest BCUT2D eigenvalue weighted by molar-refractivity contribution is -0.151. The van der Waals surface area contributed by atoms with Gasteiger partial charge in [0, 0.05) is 38.7 Å². The first-order valence-electron chi connectivity index (χ1n) is 11.8. The van der Waals surface area contributed by atoms with Gasteiger partial charge in [-0.3, -0.25) is 9.59 Å². The topological polar surface area (TPSA) is 62.2 Å². The van der Waals surface area contributed by atoms with Gasteiger partial charge in [0.1, 0.15) is 0 Å². The van der Waals surface area contributed by atoms with Crippen LogP contribution in [-0.4, -0.2) is 59.6 Å². The first-order chi connectivity index (χ1) is 15.9. The Bertz CT molecular complexity index is 1010. The average Bonchev–Trinajstić information content (AvgIpc) is 3.27. The number of likely N-dealkylation sites (N-methyl/N-ethyl adjacent to an activating group) is 1. The van der Waals surface area contributed by atoms with E-state index < -0.39 is 5.60 Å². The fourth-order valence-electron chi connectivity index (χ4n) is 4.63. The molecule has 174 valence electrons. The zero-order chi connectivity index (χ0) is 23.4. The van der Waals surface area contributed by atoms with E-state index in [-0.39, 0.29) is 11.8 Å². The molecule has 1 atom stereocenters. The van der Waals surface area contributed by atoms with Crippen LogP contribution < -0.4 is 0 Å². The van der Waals surface area contributed by atoms with E-state index in [2.05, 4.69) is 29.4 Å². The van der Waals surface area contributed by atoms with Gasteiger partial charge in [0.05, 0.1) is 5.71 Å². The van der Waals surface area contributed by atoms with Crippen molar-refractivity contribution in [2.45, 2.75) is 45.1 Å². The molecule has 6 heteroatoms. The van der Waals surface area contributed by atoms with E-state index in [1.165, 1.54) is 5.56 Å². The van der Waals surface area contributed by atoms with Crippen LogP contribution in [0.4, 0.5) is 0 Å². The maximum Gasteiger partial charge on any atom is 0.269 e. The largest absolute Gasteiger partial charge is 0.379 e. The maximum atomic E-state index is 13.0. The van der Waals surface area contributed by atoms with Gasteiger partial charge in [0.25, 0.3) is 11.8 Å². The second kappa shape index (κ2) is 9.77. The van der Waals surface area contributed by atoms with Crippen LogP contribution in [0.1, 0.15) is 54.6 Å². The van der Waals surface area contributed by atoms with Crippen LogP contribution in [0.5, 0.6) is 0 Å². The highest BCUT2D eigenvalue weighted by molar-refractivity contribution is 6.06. The molecule has 2 aliphatic heterocycles. The van der Waals surface area contributed by atoms with Crippen LogP contribution >= 0.6 is 0 Å². The van der Waals surface area contributed by atoms with Crippen molar-refractivity contribution in [1.82, 2.24) is 9.80 Å². The Morgan fingerprint density at radius 3 is 2.39 bits per heavy atom. The van der Waals surface area contributed by atoms with Crippen LogP contribution in [0.2, 0.25) is 0 Å². The third kappa shape index (κ3) is 5.10. The van der Waals surface area contributed by atoms with Gasteiger partial charge in [0.2, 0.25) is 5.60 Å². The van der Waals surface area contributed by atoms with Crippen LogP contribution in [0.3, 0.4) is 0 Å². The van der Waals surface area contributed by atoms with E-state index in [4.69, 9.17) is 4.84 Å². The lowest BCUT2D eigenvalue weighted by atomic mass is 9.90. The fraction of sp³-hybridized carbons (Fsp3) is 0.444. The smallest absolute Gasteiger partial charge is 0.269 e. The molecule has 4 rings (SSSR count). The summed E-state index contributed by atoms with van der Waals surface area (Å²) in [5, 5.41) is 4.18. The number of nitrogens with zero attached hydrogens (tertiary/aromatic N) is 3. The quantitative estimate of drug-likeness (QED) is 0.669. The van der Waals surface area contributed by atoms with Crippen molar-refractivity contribution < 1.29 is 14.4 Å². The molecule has 2 heterocycles. The minimum absolute atomic E-state index is 0.0776. The summed E-state index contributed by atoms with van der Waals surface area (Å²) in [6, 6.07) is 18.1. The van der Waals surface area contributed by atoms with Gasteiger partial charge >= 0.3 is 0 Å². The van der Waals surface area contributed by atoms with Crippen molar-refractivity contribution in [3.63, 3.8) is 0 Å². The van der Waals surface area contributed by atoms with E-state index in [0.29, 0.717) is 24.4 Å². The van der Waals surface area contributed by atoms with Crippen LogP contribution in [0.15, 0.2) is 59.8 Å². The molecule has 6 nitrogen and oxygen atoms in total. The second-order valence-electron chi connectivity index (χ2n) is 9.36. The molecule has 0 bridgehead atoms. The zero-order valence-corrected chi connectivity index (χ0v) is 19.8. The summed E-state index contributed by atoms with van der Waals surface area (Å²) >= 11 is 0. The number of carbonyl (C=O) groups excluding carboxylic acids is 2. The standard InChI is InChI=1S/C27H33N3O3/c1-4-29(3)26(32)27(2)19-24(28-33-27)22-10-12-23(13-11-22)25(31)30-16-14-21(15-17-30)18-20-8-6-5-7-9-20/h5-13,21H,4,14-19H2,1-3H3. The number of piperidine rings is 1. The van der Waals surface area contributed by atoms with Gasteiger partial charge in [-0.25, -0.2) is 0 Å². The molecule has 0 aromatic heterocycles. The molecule has 0 radical (unpaired) electrons. The third-order valence-electron chi connectivity index (χ3n) is 6.87. The van der Waals surface area contributed by atoms with Crippen molar-refractivity contribution in [2.75, 3.05) is 26.7 Å². The Balaban J connectivity index is 1.32. The lowest BCUT2D eigenvalue weighted by Gasteiger charge is -2.32. The number of oxime groups is 1. The molecule has 0 N–H and O–H groups in total. The van der Waals surface area contributed by atoms with Crippen molar-refractivity contribution >= 4 is 17.5 Å². The number of carbonyl (C=O) groups is 2. The first kappa shape index (κ1) is 23.0. The molecule has 1 unspecified atom stereocenters. The van der Waals surface area contributed by atoms with E-state index in [9.17, 15) is 9.59 Å². The van der Waals surface area contributed by atoms with Gasteiger partial charge in [-0.15, -0.1) is 0 Å². The maximum absolute atomic E-state index is 13.0. The molecule has 2 aromatic rings. The molecule has 0 aliphatic carbocycles. The van der Waals surface area contributed by atoms with Crippen LogP contribution in [-0.2, 0) is 16.1 Å². The molecule has 2 amide bonds. The van der Waals surface area contributed by atoms with Gasteiger partial charge in [-0.1, -0.05) is 47.6 Å². The predicted octanol–water partition coefficient (Wildman–Crippen LogP) is 4.14. The average molecular weight is 448 g/mol. The van der Waals surface area contributed by atoms with Crippen LogP contribution in [0, 0.1) is 5.92 Å². The summed E-state index contributed by atoms with van der Waals surface area (Å²) < 4.78 is 0. The molecule has 33 heavy (non-hydrogen) atoms. The number of amides is 2. The predicted molar refractivity (Wildman–Crippen MR) is 129 cm³/mol. The molecule has 1 saturated heterocycles. The highest BCUT2D eigenvalue weighted by Crippen LogP contribution is 2.29. The Morgan fingerprint density at radius 1 is 1.09 bits per heavy atom. The van der Waals surface area contributed by atoms with E-state index in [0.717, 1.165) is 43.6 Å². The van der Waals surface area contributed by atoms with Crippen molar-refractivity contribution in [3.05, 3.63) is 71.3 Å². The van der Waals surface area contributed by atoms with E-state index >= 15 is 0 Å². The van der Waals surface area contributed by atoms with Gasteiger partial charge in [0.15, 0.2) is 0 Å². The van der Waals surface area contributed by atoms with E-state index in [1.54, 1.807) is 18.9 Å². The van der Waals surface area contributed by atoms with Crippen molar-refractivity contribution in [3.8, 4) is 0 Å². The monoisotopic (exact) mass is 447 g/mol. The Hall–Kier alpha value is -3.15. The lowest BCUT2D eigenvalue weighted by Crippen LogP contribution is -2.45. The highest BCUT2D eigenvalue weighted by atomic mass is 16.7. The second-order valence-corrected chi connectivity index (χ2v) is 9.36. The number of benzene rings is 2. The summed E-state index contributed by atoms with van der Waals surface area (Å²) in [6.45, 7) is 5.91. The third-order valence-corrected chi connectivity index (χ3v) is 6.87. The number of rotatable bonds is 6. The summed E-state index contributed by atoms with van der Waals surface area (Å²) in [7, 11) is 1.76. The van der Waals surface area contributed by atoms with Crippen molar-refractivity contribution in [1.29, 1.82) is 0 Å². The highest BCUT2D eigenvalue weighted by Gasteiger charge is 2.43. The molecule has 0 spiro atoms. The van der Waals surface area contributed by atoms with Crippen molar-refractivity contribution in [2.24, 2.45) is 11.1 Å². The summed E-state index contributed by atoms with van der Waals surface area (Å²) in [4.78, 5) is 34.8. The van der Waals surface area contributed by atoms with Crippen LogP contribution in [0.25, 0.3) is 0 Å². The molecule has 0 saturated carbocycles. The minimum atomic E-state index is -0.974. The van der Waals surface area contributed by atoms with Gasteiger partial charge in [-0.2, -0.15) is 0 Å². The Kier molecular flexibility index (Phi) is 6.82. The summed E-state index contributed by atoms with van der Waals surface area (Å²) in [5.74, 6) is 0.628. The minimum Gasteiger partial charge on any atom is -0.379 e. The SMILES string of the molecule is CCN(C)C(=O)C1(C)CC(c2ccc(C(=O)N3CCC(Cc4ccccc4)CC3)cc2)=NO1. The molecular weight excluding hydrogens is 414 g/mol. The molecule has 1 fully saturated rings. The van der Waals surface area contributed by atoms with E-state index in [1.807, 2.05) is 42.2 Å². The zero-order valence-electron chi connectivity index (χ0n) is 19.8. The molecule has 2 aromatic carbocycles. The number of likely N-dealkylation sites (tertiary alicyclic amines) is 1. The van der Waals surface area contributed by atoms with Gasteiger partial charge < -0.3 is 14.6 Å². The molecular formula is C27H33N3O3. The molecule has 2 aliphatic rings. The number of hydrogen-bond donors (Lipinski definition) is 0. The Morgan fingerprint density at radius 2 is 1.76 bits per heavy atom.